The summed E-state index contributed by atoms with van der Waals surface area (Å²) in [4.78, 5) is 14.2. The van der Waals surface area contributed by atoms with Gasteiger partial charge in [0.05, 0.1) is 19.8 Å². The van der Waals surface area contributed by atoms with E-state index >= 15 is 0 Å². The van der Waals surface area contributed by atoms with Crippen LogP contribution < -0.4 is 4.74 Å². The maximum Gasteiger partial charge on any atom is 0.410 e. The predicted molar refractivity (Wildman–Crippen MR) is 90.5 cm³/mol. The molecule has 0 aliphatic rings. The van der Waals surface area contributed by atoms with E-state index in [0.29, 0.717) is 6.54 Å². The number of carbonyl (C=O) groups is 1. The van der Waals surface area contributed by atoms with E-state index in [1.54, 1.807) is 12.0 Å². The highest BCUT2D eigenvalue weighted by Gasteiger charge is 2.30. The quantitative estimate of drug-likeness (QED) is 0.871. The van der Waals surface area contributed by atoms with Gasteiger partial charge in [-0.15, -0.1) is 0 Å². The summed E-state index contributed by atoms with van der Waals surface area (Å²) in [5.41, 5.74) is 0.377. The van der Waals surface area contributed by atoms with Crippen molar-refractivity contribution in [2.24, 2.45) is 5.92 Å². The van der Waals surface area contributed by atoms with Gasteiger partial charge in [0.2, 0.25) is 0 Å². The molecule has 1 aromatic rings. The molecule has 130 valence electrons. The number of benzene rings is 1. The van der Waals surface area contributed by atoms with Gasteiger partial charge in [-0.05, 0) is 44.4 Å². The number of nitrogens with zero attached hydrogens (tertiary/aromatic N) is 1. The zero-order chi connectivity index (χ0) is 17.6. The van der Waals surface area contributed by atoms with Gasteiger partial charge in [0, 0.05) is 6.54 Å². The molecule has 0 saturated carbocycles. The van der Waals surface area contributed by atoms with Crippen LogP contribution in [0.5, 0.6) is 5.75 Å². The molecule has 0 aliphatic heterocycles. The fourth-order valence-corrected chi connectivity index (χ4v) is 2.23. The van der Waals surface area contributed by atoms with Crippen molar-refractivity contribution in [3.05, 3.63) is 29.8 Å². The molecule has 0 bridgehead atoms. The standard InChI is InChI=1S/C18H29NO4/c1-13(2)16(12-20)19(17(21)23-18(3,4)5)11-14-7-9-15(22-6)10-8-14/h7-10,13,16,20H,11-12H2,1-6H3/t16-/m1/s1. The molecule has 0 unspecified atom stereocenters. The van der Waals surface area contributed by atoms with Crippen molar-refractivity contribution < 1.29 is 19.4 Å². The van der Waals surface area contributed by atoms with Gasteiger partial charge in [0.25, 0.3) is 0 Å². The van der Waals surface area contributed by atoms with Gasteiger partial charge in [-0.25, -0.2) is 4.79 Å². The zero-order valence-corrected chi connectivity index (χ0v) is 15.0. The Morgan fingerprint density at radius 2 is 1.78 bits per heavy atom. The lowest BCUT2D eigenvalue weighted by molar-refractivity contribution is -0.0000946. The van der Waals surface area contributed by atoms with Crippen molar-refractivity contribution in [3.8, 4) is 5.75 Å². The third-order valence-corrected chi connectivity index (χ3v) is 3.50. The zero-order valence-electron chi connectivity index (χ0n) is 15.0. The average molecular weight is 323 g/mol. The normalized spacial score (nSPS) is 12.9. The first-order valence-corrected chi connectivity index (χ1v) is 7.91. The lowest BCUT2D eigenvalue weighted by Crippen LogP contribution is -2.47. The SMILES string of the molecule is COc1ccc(CN(C(=O)OC(C)(C)C)[C@H](CO)C(C)C)cc1. The van der Waals surface area contributed by atoms with Gasteiger partial charge in [0.1, 0.15) is 11.4 Å². The van der Waals surface area contributed by atoms with Crippen LogP contribution in [0.4, 0.5) is 4.79 Å². The second-order valence-electron chi connectivity index (χ2n) is 6.95. The molecule has 1 atom stereocenters. The Labute approximate surface area is 139 Å². The van der Waals surface area contributed by atoms with Crippen molar-refractivity contribution in [2.75, 3.05) is 13.7 Å². The van der Waals surface area contributed by atoms with Gasteiger partial charge in [-0.1, -0.05) is 26.0 Å². The van der Waals surface area contributed by atoms with Crippen molar-refractivity contribution in [1.29, 1.82) is 0 Å². The molecule has 0 spiro atoms. The first-order valence-electron chi connectivity index (χ1n) is 7.91. The number of hydrogen-bond acceptors (Lipinski definition) is 4. The van der Waals surface area contributed by atoms with Crippen LogP contribution in [0.15, 0.2) is 24.3 Å². The van der Waals surface area contributed by atoms with Crippen LogP contribution in [0.2, 0.25) is 0 Å². The second kappa shape index (κ2) is 8.20. The Morgan fingerprint density at radius 1 is 1.22 bits per heavy atom. The molecule has 0 heterocycles. The summed E-state index contributed by atoms with van der Waals surface area (Å²) >= 11 is 0. The van der Waals surface area contributed by atoms with Crippen molar-refractivity contribution in [1.82, 2.24) is 4.90 Å². The van der Waals surface area contributed by atoms with E-state index in [1.807, 2.05) is 58.9 Å². The van der Waals surface area contributed by atoms with Crippen LogP contribution in [0, 0.1) is 5.92 Å². The van der Waals surface area contributed by atoms with E-state index in [9.17, 15) is 9.90 Å². The number of aliphatic hydroxyl groups is 1. The van der Waals surface area contributed by atoms with Crippen molar-refractivity contribution in [2.45, 2.75) is 52.8 Å². The third kappa shape index (κ3) is 6.10. The molecular formula is C18H29NO4. The summed E-state index contributed by atoms with van der Waals surface area (Å²) in [5, 5.41) is 9.70. The molecule has 1 rings (SSSR count). The van der Waals surface area contributed by atoms with Crippen molar-refractivity contribution in [3.63, 3.8) is 0 Å². The smallest absolute Gasteiger partial charge is 0.410 e. The predicted octanol–water partition coefficient (Wildman–Crippen LogP) is 3.45. The highest BCUT2D eigenvalue weighted by molar-refractivity contribution is 5.68. The summed E-state index contributed by atoms with van der Waals surface area (Å²) < 4.78 is 10.7. The van der Waals surface area contributed by atoms with Gasteiger partial charge < -0.3 is 14.6 Å². The average Bonchev–Trinajstić information content (AvgIpc) is 2.45. The largest absolute Gasteiger partial charge is 0.497 e. The van der Waals surface area contributed by atoms with Gasteiger partial charge >= 0.3 is 6.09 Å². The number of amides is 1. The number of rotatable bonds is 6. The van der Waals surface area contributed by atoms with E-state index in [1.165, 1.54) is 0 Å². The molecule has 0 aliphatic carbocycles. The number of carbonyl (C=O) groups excluding carboxylic acids is 1. The molecule has 0 aromatic heterocycles. The van der Waals surface area contributed by atoms with E-state index in [4.69, 9.17) is 9.47 Å². The Hall–Kier alpha value is -1.75. The van der Waals surface area contributed by atoms with E-state index in [2.05, 4.69) is 0 Å². The Kier molecular flexibility index (Phi) is 6.88. The van der Waals surface area contributed by atoms with Crippen molar-refractivity contribution >= 4 is 6.09 Å². The van der Waals surface area contributed by atoms with Crippen LogP contribution in [0.25, 0.3) is 0 Å². The van der Waals surface area contributed by atoms with Gasteiger partial charge in [-0.2, -0.15) is 0 Å². The Morgan fingerprint density at radius 3 is 2.17 bits per heavy atom. The van der Waals surface area contributed by atoms with Gasteiger partial charge in [-0.3, -0.25) is 4.90 Å². The topological polar surface area (TPSA) is 59.0 Å². The second-order valence-corrected chi connectivity index (χ2v) is 6.95. The summed E-state index contributed by atoms with van der Waals surface area (Å²) in [7, 11) is 1.61. The third-order valence-electron chi connectivity index (χ3n) is 3.50. The fourth-order valence-electron chi connectivity index (χ4n) is 2.23. The lowest BCUT2D eigenvalue weighted by Gasteiger charge is -2.34. The molecule has 1 N–H and O–H groups in total. The Balaban J connectivity index is 2.99. The van der Waals surface area contributed by atoms with Crippen LogP contribution in [0.1, 0.15) is 40.2 Å². The van der Waals surface area contributed by atoms with E-state index in [0.717, 1.165) is 11.3 Å². The van der Waals surface area contributed by atoms with Crippen LogP contribution in [-0.2, 0) is 11.3 Å². The number of aliphatic hydroxyl groups excluding tert-OH is 1. The Bertz CT molecular complexity index is 491. The molecule has 1 amide bonds. The minimum absolute atomic E-state index is 0.104. The minimum Gasteiger partial charge on any atom is -0.497 e. The molecule has 0 saturated heterocycles. The van der Waals surface area contributed by atoms with Crippen LogP contribution in [-0.4, -0.2) is 41.5 Å². The highest BCUT2D eigenvalue weighted by atomic mass is 16.6. The maximum absolute atomic E-state index is 12.6. The molecular weight excluding hydrogens is 294 g/mol. The highest BCUT2D eigenvalue weighted by Crippen LogP contribution is 2.20. The molecule has 0 radical (unpaired) electrons. The van der Waals surface area contributed by atoms with Gasteiger partial charge in [0.15, 0.2) is 0 Å². The number of methoxy groups -OCH3 is 1. The van der Waals surface area contributed by atoms with E-state index < -0.39 is 11.7 Å². The maximum atomic E-state index is 12.6. The molecule has 23 heavy (non-hydrogen) atoms. The monoisotopic (exact) mass is 323 g/mol. The van der Waals surface area contributed by atoms with E-state index in [-0.39, 0.29) is 18.6 Å². The first kappa shape index (κ1) is 19.3. The summed E-state index contributed by atoms with van der Waals surface area (Å²) in [6.45, 7) is 9.73. The number of hydrogen-bond donors (Lipinski definition) is 1. The van der Waals surface area contributed by atoms with Crippen LogP contribution >= 0.6 is 0 Å². The summed E-state index contributed by atoms with van der Waals surface area (Å²) in [6, 6.07) is 7.22. The molecule has 1 aromatic carbocycles. The molecule has 0 fully saturated rings. The first-order chi connectivity index (χ1) is 10.7. The summed E-state index contributed by atoms with van der Waals surface area (Å²) in [6.07, 6.45) is -0.416. The number of ether oxygens (including phenoxy) is 2. The molecule has 5 heteroatoms. The van der Waals surface area contributed by atoms with Crippen LogP contribution in [0.3, 0.4) is 0 Å². The summed E-state index contributed by atoms with van der Waals surface area (Å²) in [5.74, 6) is 0.880. The fraction of sp³-hybridized carbons (Fsp3) is 0.611. The minimum atomic E-state index is -0.577. The molecule has 5 nitrogen and oxygen atoms in total. The lowest BCUT2D eigenvalue weighted by atomic mass is 10.0.